The van der Waals surface area contributed by atoms with E-state index >= 15 is 0 Å². The van der Waals surface area contributed by atoms with E-state index in [0.717, 1.165) is 13.1 Å². The largest absolute Gasteiger partial charge is 0.507 e. The number of aliphatic hydroxyl groups excluding tert-OH is 1. The Bertz CT molecular complexity index is 1040. The first-order valence-electron chi connectivity index (χ1n) is 11.7. The lowest BCUT2D eigenvalue weighted by Crippen LogP contribution is -2.38. The molecule has 1 aliphatic heterocycles. The number of nitrogens with zero attached hydrogens (tertiary/aromatic N) is 2. The summed E-state index contributed by atoms with van der Waals surface area (Å²) in [5.74, 6) is -0.322. The van der Waals surface area contributed by atoms with Gasteiger partial charge in [-0.3, -0.25) is 9.59 Å². The average molecular weight is 467 g/mol. The van der Waals surface area contributed by atoms with Crippen LogP contribution in [0, 0.1) is 0 Å². The molecule has 182 valence electrons. The highest BCUT2D eigenvalue weighted by Crippen LogP contribution is 2.42. The maximum atomic E-state index is 13.2. The second kappa shape index (κ2) is 11.2. The number of benzene rings is 2. The zero-order chi connectivity index (χ0) is 24.8. The quantitative estimate of drug-likeness (QED) is 0.320. The Balaban J connectivity index is 2.09. The van der Waals surface area contributed by atoms with Crippen molar-refractivity contribution in [3.05, 3.63) is 65.2 Å². The van der Waals surface area contributed by atoms with Gasteiger partial charge in [0.1, 0.15) is 17.3 Å². The Labute approximate surface area is 201 Å². The number of likely N-dealkylation sites (N-methyl/N-ethyl adjacent to an activating group) is 1. The summed E-state index contributed by atoms with van der Waals surface area (Å²) < 4.78 is 11.2. The minimum absolute atomic E-state index is 0.0149. The highest BCUT2D eigenvalue weighted by atomic mass is 16.5. The van der Waals surface area contributed by atoms with Crippen LogP contribution in [0.1, 0.15) is 44.9 Å². The third-order valence-electron chi connectivity index (χ3n) is 6.02. The average Bonchev–Trinajstić information content (AvgIpc) is 3.09. The van der Waals surface area contributed by atoms with Crippen LogP contribution in [-0.4, -0.2) is 66.0 Å². The first kappa shape index (κ1) is 25.3. The fourth-order valence-electron chi connectivity index (χ4n) is 4.23. The molecule has 2 aromatic rings. The lowest BCUT2D eigenvalue weighted by Gasteiger charge is -2.29. The summed E-state index contributed by atoms with van der Waals surface area (Å²) in [5.41, 5.74) is 1.16. The normalized spacial score (nSPS) is 17.6. The molecule has 1 saturated heterocycles. The second-order valence-corrected chi connectivity index (χ2v) is 8.45. The molecule has 1 amide bonds. The van der Waals surface area contributed by atoms with E-state index in [9.17, 15) is 14.7 Å². The monoisotopic (exact) mass is 466 g/mol. The molecule has 1 N–H and O–H groups in total. The predicted molar refractivity (Wildman–Crippen MR) is 132 cm³/mol. The van der Waals surface area contributed by atoms with E-state index in [1.165, 1.54) is 0 Å². The number of methoxy groups -OCH3 is 1. The first-order chi connectivity index (χ1) is 16.3. The van der Waals surface area contributed by atoms with Crippen LogP contribution in [0.25, 0.3) is 5.76 Å². The van der Waals surface area contributed by atoms with Crippen molar-refractivity contribution in [3.63, 3.8) is 0 Å². The SMILES string of the molecule is CCN(CC)CCN1C(=O)C(=O)/C(=C(/O)c2ccc(OC(C)C)cc2)C1c1ccccc1OC. The van der Waals surface area contributed by atoms with Crippen molar-refractivity contribution in [2.24, 2.45) is 0 Å². The van der Waals surface area contributed by atoms with Crippen LogP contribution in [0.3, 0.4) is 0 Å². The van der Waals surface area contributed by atoms with E-state index in [-0.39, 0.29) is 17.4 Å². The number of hydrogen-bond donors (Lipinski definition) is 1. The number of hydrogen-bond acceptors (Lipinski definition) is 6. The van der Waals surface area contributed by atoms with Gasteiger partial charge >= 0.3 is 0 Å². The number of Topliss-reactive ketones (excluding diaryl/α,β-unsaturated/α-hetero) is 1. The molecule has 0 saturated carbocycles. The molecular formula is C27H34N2O5. The van der Waals surface area contributed by atoms with Crippen molar-refractivity contribution in [1.82, 2.24) is 9.80 Å². The molecule has 0 radical (unpaired) electrons. The molecule has 0 bridgehead atoms. The summed E-state index contributed by atoms with van der Waals surface area (Å²) in [6, 6.07) is 13.4. The summed E-state index contributed by atoms with van der Waals surface area (Å²) in [7, 11) is 1.55. The third-order valence-corrected chi connectivity index (χ3v) is 6.02. The van der Waals surface area contributed by atoms with E-state index in [1.807, 2.05) is 32.0 Å². The highest BCUT2D eigenvalue weighted by Gasteiger charge is 2.46. The minimum Gasteiger partial charge on any atom is -0.507 e. The van der Waals surface area contributed by atoms with Crippen molar-refractivity contribution < 1.29 is 24.2 Å². The van der Waals surface area contributed by atoms with Gasteiger partial charge in [0.05, 0.1) is 24.8 Å². The zero-order valence-electron chi connectivity index (χ0n) is 20.6. The van der Waals surface area contributed by atoms with Crippen LogP contribution in [-0.2, 0) is 9.59 Å². The fourth-order valence-corrected chi connectivity index (χ4v) is 4.23. The Morgan fingerprint density at radius 1 is 1.06 bits per heavy atom. The molecule has 1 fully saturated rings. The third kappa shape index (κ3) is 5.25. The van der Waals surface area contributed by atoms with Crippen molar-refractivity contribution in [3.8, 4) is 11.5 Å². The standard InChI is InChI=1S/C27H34N2O5/c1-6-28(7-2)16-17-29-24(21-10-8-9-11-22(21)33-5)23(26(31)27(29)32)25(30)19-12-14-20(15-13-19)34-18(3)4/h8-15,18,24,30H,6-7,16-17H2,1-5H3/b25-23+. The smallest absolute Gasteiger partial charge is 0.295 e. The Morgan fingerprint density at radius 3 is 2.29 bits per heavy atom. The summed E-state index contributed by atoms with van der Waals surface area (Å²) in [5, 5.41) is 11.3. The number of ketones is 1. The van der Waals surface area contributed by atoms with Gasteiger partial charge < -0.3 is 24.4 Å². The lowest BCUT2D eigenvalue weighted by molar-refractivity contribution is -0.140. The van der Waals surface area contributed by atoms with Gasteiger partial charge in [0.15, 0.2) is 0 Å². The Kier molecular flexibility index (Phi) is 8.34. The molecule has 34 heavy (non-hydrogen) atoms. The molecule has 3 rings (SSSR count). The number of aliphatic hydroxyl groups is 1. The van der Waals surface area contributed by atoms with E-state index in [2.05, 4.69) is 18.7 Å². The van der Waals surface area contributed by atoms with E-state index < -0.39 is 17.7 Å². The summed E-state index contributed by atoms with van der Waals surface area (Å²) in [6.07, 6.45) is 0.0149. The predicted octanol–water partition coefficient (Wildman–Crippen LogP) is 4.25. The molecule has 1 atom stereocenters. The number of rotatable bonds is 10. The van der Waals surface area contributed by atoms with E-state index in [1.54, 1.807) is 42.3 Å². The van der Waals surface area contributed by atoms with Crippen molar-refractivity contribution in [1.29, 1.82) is 0 Å². The Morgan fingerprint density at radius 2 is 1.71 bits per heavy atom. The molecule has 0 aliphatic carbocycles. The van der Waals surface area contributed by atoms with Gasteiger partial charge in [0.2, 0.25) is 0 Å². The molecule has 2 aromatic carbocycles. The lowest BCUT2D eigenvalue weighted by atomic mass is 9.94. The van der Waals surface area contributed by atoms with Crippen LogP contribution in [0.2, 0.25) is 0 Å². The topological polar surface area (TPSA) is 79.3 Å². The van der Waals surface area contributed by atoms with Gasteiger partial charge in [-0.1, -0.05) is 32.0 Å². The van der Waals surface area contributed by atoms with Crippen molar-refractivity contribution in [2.75, 3.05) is 33.3 Å². The van der Waals surface area contributed by atoms with Crippen molar-refractivity contribution >= 4 is 17.4 Å². The van der Waals surface area contributed by atoms with E-state index in [4.69, 9.17) is 9.47 Å². The molecule has 7 nitrogen and oxygen atoms in total. The van der Waals surface area contributed by atoms with Crippen LogP contribution >= 0.6 is 0 Å². The number of carbonyl (C=O) groups is 2. The molecule has 0 spiro atoms. The maximum absolute atomic E-state index is 13.2. The first-order valence-corrected chi connectivity index (χ1v) is 11.7. The van der Waals surface area contributed by atoms with E-state index in [0.29, 0.717) is 35.7 Å². The summed E-state index contributed by atoms with van der Waals surface area (Å²) >= 11 is 0. The molecule has 1 unspecified atom stereocenters. The molecular weight excluding hydrogens is 432 g/mol. The fraction of sp³-hybridized carbons (Fsp3) is 0.407. The molecule has 1 aliphatic rings. The van der Waals surface area contributed by atoms with Gasteiger partial charge in [0, 0.05) is 24.2 Å². The van der Waals surface area contributed by atoms with Crippen LogP contribution < -0.4 is 9.47 Å². The summed E-state index contributed by atoms with van der Waals surface area (Å²) in [4.78, 5) is 30.1. The van der Waals surface area contributed by atoms with Gasteiger partial charge in [-0.25, -0.2) is 0 Å². The number of para-hydroxylation sites is 1. The molecule has 7 heteroatoms. The van der Waals surface area contributed by atoms with Gasteiger partial charge in [-0.2, -0.15) is 0 Å². The van der Waals surface area contributed by atoms with Crippen LogP contribution in [0.15, 0.2) is 54.1 Å². The zero-order valence-corrected chi connectivity index (χ0v) is 20.6. The van der Waals surface area contributed by atoms with Crippen LogP contribution in [0.5, 0.6) is 11.5 Å². The number of amides is 1. The minimum atomic E-state index is -0.752. The number of ether oxygens (including phenoxy) is 2. The Hall–Kier alpha value is -3.32. The number of likely N-dealkylation sites (tertiary alicyclic amines) is 1. The number of carbonyl (C=O) groups excluding carboxylic acids is 2. The molecule has 1 heterocycles. The molecule has 0 aromatic heterocycles. The summed E-state index contributed by atoms with van der Waals surface area (Å²) in [6.45, 7) is 10.6. The van der Waals surface area contributed by atoms with Gasteiger partial charge in [-0.05, 0) is 57.3 Å². The maximum Gasteiger partial charge on any atom is 0.295 e. The highest BCUT2D eigenvalue weighted by molar-refractivity contribution is 6.46. The van der Waals surface area contributed by atoms with Crippen LogP contribution in [0.4, 0.5) is 0 Å². The van der Waals surface area contributed by atoms with Crippen molar-refractivity contribution in [2.45, 2.75) is 39.8 Å². The van der Waals surface area contributed by atoms with Gasteiger partial charge in [-0.15, -0.1) is 0 Å². The second-order valence-electron chi connectivity index (χ2n) is 8.45. The van der Waals surface area contributed by atoms with Gasteiger partial charge in [0.25, 0.3) is 11.7 Å².